The van der Waals surface area contributed by atoms with Crippen molar-refractivity contribution < 1.29 is 4.79 Å². The van der Waals surface area contributed by atoms with E-state index in [2.05, 4.69) is 28.8 Å². The molecule has 4 nitrogen and oxygen atoms in total. The summed E-state index contributed by atoms with van der Waals surface area (Å²) in [6, 6.07) is 6.94. The van der Waals surface area contributed by atoms with Crippen LogP contribution in [0.25, 0.3) is 0 Å². The molecule has 2 aliphatic rings. The number of likely N-dealkylation sites (N-methyl/N-ethyl adjacent to an activating group) is 1. The molecule has 1 unspecified atom stereocenters. The molecule has 0 radical (unpaired) electrons. The van der Waals surface area contributed by atoms with Gasteiger partial charge >= 0.3 is 0 Å². The quantitative estimate of drug-likeness (QED) is 0.861. The molecular formula is C15H21N3O. The lowest BCUT2D eigenvalue weighted by Gasteiger charge is -2.30. The van der Waals surface area contributed by atoms with Crippen LogP contribution in [-0.2, 0) is 17.8 Å². The average Bonchev–Trinajstić information content (AvgIpc) is 2.89. The van der Waals surface area contributed by atoms with Crippen molar-refractivity contribution in [2.45, 2.75) is 31.8 Å². The van der Waals surface area contributed by atoms with E-state index < -0.39 is 0 Å². The van der Waals surface area contributed by atoms with Crippen LogP contribution >= 0.6 is 0 Å². The monoisotopic (exact) mass is 259 g/mol. The van der Waals surface area contributed by atoms with Crippen LogP contribution in [0.15, 0.2) is 18.2 Å². The number of nitrogens with zero attached hydrogens (tertiary/aromatic N) is 1. The number of piperidine rings is 1. The van der Waals surface area contributed by atoms with E-state index in [4.69, 9.17) is 0 Å². The number of hydrogen-bond donors (Lipinski definition) is 2. The summed E-state index contributed by atoms with van der Waals surface area (Å²) in [5, 5.41) is 7.05. The highest BCUT2D eigenvalue weighted by molar-refractivity contribution is 5.76. The number of amides is 1. The minimum Gasteiger partial charge on any atom is -0.384 e. The van der Waals surface area contributed by atoms with Gasteiger partial charge in [0, 0.05) is 44.8 Å². The zero-order valence-corrected chi connectivity index (χ0v) is 11.4. The molecule has 1 atom stereocenters. The van der Waals surface area contributed by atoms with Crippen LogP contribution in [-0.4, -0.2) is 37.0 Å². The van der Waals surface area contributed by atoms with Gasteiger partial charge < -0.3 is 15.5 Å². The fourth-order valence-corrected chi connectivity index (χ4v) is 2.99. The smallest absolute Gasteiger partial charge is 0.222 e. The van der Waals surface area contributed by atoms with Crippen molar-refractivity contribution in [1.29, 1.82) is 0 Å². The van der Waals surface area contributed by atoms with E-state index in [1.165, 1.54) is 16.8 Å². The van der Waals surface area contributed by atoms with E-state index in [9.17, 15) is 4.79 Å². The van der Waals surface area contributed by atoms with Crippen LogP contribution in [0.1, 0.15) is 24.0 Å². The molecule has 4 heteroatoms. The van der Waals surface area contributed by atoms with Gasteiger partial charge in [-0.1, -0.05) is 18.2 Å². The molecule has 1 amide bonds. The molecule has 102 valence electrons. The standard InChI is InChI=1S/C15H21N3O/c1-18-10-13(5-6-14(18)19)17-9-12-4-2-3-11-7-8-16-15(11)12/h2-4,13,16-17H,5-10H2,1H3. The number of anilines is 1. The van der Waals surface area contributed by atoms with Gasteiger partial charge in [-0.05, 0) is 24.0 Å². The highest BCUT2D eigenvalue weighted by atomic mass is 16.2. The number of benzene rings is 1. The second-order valence-electron chi connectivity index (χ2n) is 5.52. The molecule has 19 heavy (non-hydrogen) atoms. The first-order valence-electron chi connectivity index (χ1n) is 7.06. The first-order chi connectivity index (χ1) is 9.24. The van der Waals surface area contributed by atoms with Crippen LogP contribution in [0.2, 0.25) is 0 Å². The number of fused-ring (bicyclic) bond motifs is 1. The summed E-state index contributed by atoms with van der Waals surface area (Å²) in [6.45, 7) is 2.75. The molecule has 1 aromatic rings. The van der Waals surface area contributed by atoms with Crippen LogP contribution in [0.5, 0.6) is 0 Å². The lowest BCUT2D eigenvalue weighted by molar-refractivity contribution is -0.132. The van der Waals surface area contributed by atoms with E-state index in [1.54, 1.807) is 0 Å². The summed E-state index contributed by atoms with van der Waals surface area (Å²) in [4.78, 5) is 13.3. The predicted molar refractivity (Wildman–Crippen MR) is 76.1 cm³/mol. The molecule has 3 rings (SSSR count). The number of carbonyl (C=O) groups excluding carboxylic acids is 1. The Balaban J connectivity index is 1.61. The molecule has 0 spiro atoms. The first kappa shape index (κ1) is 12.5. The van der Waals surface area contributed by atoms with Crippen LogP contribution in [0.4, 0.5) is 5.69 Å². The Kier molecular flexibility index (Phi) is 3.42. The summed E-state index contributed by atoms with van der Waals surface area (Å²) >= 11 is 0. The van der Waals surface area contributed by atoms with Gasteiger partial charge in [0.15, 0.2) is 0 Å². The Morgan fingerprint density at radius 3 is 3.16 bits per heavy atom. The largest absolute Gasteiger partial charge is 0.384 e. The molecule has 0 aromatic heterocycles. The minimum atomic E-state index is 0.264. The Labute approximate surface area is 114 Å². The number of rotatable bonds is 3. The normalized spacial score (nSPS) is 22.3. The Morgan fingerprint density at radius 2 is 2.32 bits per heavy atom. The highest BCUT2D eigenvalue weighted by Crippen LogP contribution is 2.26. The van der Waals surface area contributed by atoms with Gasteiger partial charge in [-0.25, -0.2) is 0 Å². The number of para-hydroxylation sites is 1. The Morgan fingerprint density at radius 1 is 1.42 bits per heavy atom. The average molecular weight is 259 g/mol. The molecular weight excluding hydrogens is 238 g/mol. The fourth-order valence-electron chi connectivity index (χ4n) is 2.99. The Hall–Kier alpha value is -1.55. The van der Waals surface area contributed by atoms with Crippen molar-refractivity contribution in [3.8, 4) is 0 Å². The molecule has 0 saturated carbocycles. The third-order valence-electron chi connectivity index (χ3n) is 4.14. The van der Waals surface area contributed by atoms with Crippen molar-refractivity contribution >= 4 is 11.6 Å². The number of nitrogens with one attached hydrogen (secondary N) is 2. The second kappa shape index (κ2) is 5.21. The van der Waals surface area contributed by atoms with Gasteiger partial charge in [0.2, 0.25) is 5.91 Å². The predicted octanol–water partition coefficient (Wildman–Crippen LogP) is 1.36. The first-order valence-corrected chi connectivity index (χ1v) is 7.06. The molecule has 0 bridgehead atoms. The van der Waals surface area contributed by atoms with Crippen molar-refractivity contribution in [3.05, 3.63) is 29.3 Å². The number of hydrogen-bond acceptors (Lipinski definition) is 3. The lowest BCUT2D eigenvalue weighted by atomic mass is 10.0. The molecule has 2 heterocycles. The zero-order chi connectivity index (χ0) is 13.2. The zero-order valence-electron chi connectivity index (χ0n) is 11.4. The van der Waals surface area contributed by atoms with E-state index in [1.807, 2.05) is 11.9 Å². The SMILES string of the molecule is CN1CC(NCc2cccc3c2NCC3)CCC1=O. The fraction of sp³-hybridized carbons (Fsp3) is 0.533. The van der Waals surface area contributed by atoms with Crippen molar-refractivity contribution in [2.75, 3.05) is 25.5 Å². The van der Waals surface area contributed by atoms with Crippen LogP contribution in [0.3, 0.4) is 0 Å². The summed E-state index contributed by atoms with van der Waals surface area (Å²) in [6.07, 6.45) is 2.74. The third kappa shape index (κ3) is 2.59. The molecule has 2 aliphatic heterocycles. The van der Waals surface area contributed by atoms with Gasteiger partial charge in [0.05, 0.1) is 0 Å². The maximum atomic E-state index is 11.5. The summed E-state index contributed by atoms with van der Waals surface area (Å²) in [5.41, 5.74) is 4.08. The molecule has 1 saturated heterocycles. The number of carbonyl (C=O) groups is 1. The summed E-state index contributed by atoms with van der Waals surface area (Å²) in [7, 11) is 1.89. The van der Waals surface area contributed by atoms with Crippen molar-refractivity contribution in [3.63, 3.8) is 0 Å². The van der Waals surface area contributed by atoms with Gasteiger partial charge in [-0.3, -0.25) is 4.79 Å². The molecule has 0 aliphatic carbocycles. The topological polar surface area (TPSA) is 44.4 Å². The van der Waals surface area contributed by atoms with E-state index in [0.29, 0.717) is 12.5 Å². The van der Waals surface area contributed by atoms with Gasteiger partial charge in [-0.15, -0.1) is 0 Å². The van der Waals surface area contributed by atoms with Gasteiger partial charge in [0.1, 0.15) is 0 Å². The van der Waals surface area contributed by atoms with E-state index in [0.717, 1.165) is 32.5 Å². The van der Waals surface area contributed by atoms with Gasteiger partial charge in [-0.2, -0.15) is 0 Å². The minimum absolute atomic E-state index is 0.264. The highest BCUT2D eigenvalue weighted by Gasteiger charge is 2.22. The third-order valence-corrected chi connectivity index (χ3v) is 4.14. The van der Waals surface area contributed by atoms with E-state index >= 15 is 0 Å². The lowest BCUT2D eigenvalue weighted by Crippen LogP contribution is -2.46. The molecule has 1 fully saturated rings. The maximum Gasteiger partial charge on any atom is 0.222 e. The summed E-state index contributed by atoms with van der Waals surface area (Å²) < 4.78 is 0. The Bertz CT molecular complexity index is 486. The van der Waals surface area contributed by atoms with E-state index in [-0.39, 0.29) is 5.91 Å². The van der Waals surface area contributed by atoms with Crippen LogP contribution < -0.4 is 10.6 Å². The van der Waals surface area contributed by atoms with Crippen molar-refractivity contribution in [2.24, 2.45) is 0 Å². The second-order valence-corrected chi connectivity index (χ2v) is 5.52. The van der Waals surface area contributed by atoms with Gasteiger partial charge in [0.25, 0.3) is 0 Å². The molecule has 1 aromatic carbocycles. The molecule has 2 N–H and O–H groups in total. The van der Waals surface area contributed by atoms with Crippen LogP contribution in [0, 0.1) is 0 Å². The number of likely N-dealkylation sites (tertiary alicyclic amines) is 1. The summed E-state index contributed by atoms with van der Waals surface area (Å²) in [5.74, 6) is 0.264. The maximum absolute atomic E-state index is 11.5. The van der Waals surface area contributed by atoms with Crippen molar-refractivity contribution in [1.82, 2.24) is 10.2 Å².